The molecule has 4 aromatic rings. The molecule has 0 saturated carbocycles. The minimum absolute atomic E-state index is 0.305. The number of aryl methyl sites for hydroxylation is 2. The average molecular weight is 418 g/mol. The van der Waals surface area contributed by atoms with Crippen molar-refractivity contribution in [2.45, 2.75) is 20.3 Å². The molecule has 4 rings (SSSR count). The topological polar surface area (TPSA) is 57.0 Å². The molecule has 3 aromatic heterocycles. The molecule has 0 aliphatic rings. The molecule has 0 fully saturated rings. The fourth-order valence-electron chi connectivity index (χ4n) is 2.78. The first-order chi connectivity index (χ1) is 13.0. The Balaban J connectivity index is 1.54. The number of thiazole rings is 1. The van der Waals surface area contributed by atoms with Gasteiger partial charge in [-0.25, -0.2) is 14.5 Å². The van der Waals surface area contributed by atoms with E-state index in [1.54, 1.807) is 11.3 Å². The van der Waals surface area contributed by atoms with E-state index in [0.29, 0.717) is 22.9 Å². The van der Waals surface area contributed by atoms with Crippen molar-refractivity contribution >= 4 is 50.5 Å². The van der Waals surface area contributed by atoms with Gasteiger partial charge in [0, 0.05) is 21.7 Å². The van der Waals surface area contributed by atoms with Crippen molar-refractivity contribution < 1.29 is 9.53 Å². The lowest BCUT2D eigenvalue weighted by atomic mass is 10.3. The van der Waals surface area contributed by atoms with Crippen LogP contribution >= 0.6 is 34.3 Å². The van der Waals surface area contributed by atoms with E-state index in [2.05, 4.69) is 10.1 Å². The standard InChI is InChI=1S/C19H16ClN3O2S2/c1-11-15-9-17(19(24)25-8-7-16-12(2)21-10-26-16)27-18(15)23(22-11)14-5-3-13(20)4-6-14/h3-6,9-10H,7-8H2,1-2H3. The second-order valence-corrected chi connectivity index (χ2v) is 8.46. The van der Waals surface area contributed by atoms with Crippen molar-refractivity contribution in [2.75, 3.05) is 6.61 Å². The maximum atomic E-state index is 12.5. The van der Waals surface area contributed by atoms with E-state index >= 15 is 0 Å². The molecule has 0 aliphatic heterocycles. The number of halogens is 1. The monoisotopic (exact) mass is 417 g/mol. The normalized spacial score (nSPS) is 11.2. The molecule has 0 atom stereocenters. The maximum absolute atomic E-state index is 12.5. The first-order valence-electron chi connectivity index (χ1n) is 8.34. The summed E-state index contributed by atoms with van der Waals surface area (Å²) < 4.78 is 7.30. The van der Waals surface area contributed by atoms with Gasteiger partial charge >= 0.3 is 5.97 Å². The summed E-state index contributed by atoms with van der Waals surface area (Å²) in [6, 6.07) is 9.32. The van der Waals surface area contributed by atoms with Gasteiger partial charge in [-0.2, -0.15) is 5.10 Å². The van der Waals surface area contributed by atoms with Crippen LogP contribution in [0.15, 0.2) is 35.8 Å². The lowest BCUT2D eigenvalue weighted by Crippen LogP contribution is -2.06. The number of aromatic nitrogens is 3. The quantitative estimate of drug-likeness (QED) is 0.418. The predicted octanol–water partition coefficient (Wildman–Crippen LogP) is 5.21. The van der Waals surface area contributed by atoms with Crippen LogP contribution in [-0.2, 0) is 11.2 Å². The highest BCUT2D eigenvalue weighted by Gasteiger charge is 2.18. The molecule has 1 aromatic carbocycles. The van der Waals surface area contributed by atoms with Gasteiger partial charge in [0.15, 0.2) is 0 Å². The summed E-state index contributed by atoms with van der Waals surface area (Å²) in [6.07, 6.45) is 0.685. The van der Waals surface area contributed by atoms with Gasteiger partial charge in [0.25, 0.3) is 0 Å². The molecule has 0 bridgehead atoms. The number of hydrogen-bond donors (Lipinski definition) is 0. The molecular weight excluding hydrogens is 402 g/mol. The minimum atomic E-state index is -0.305. The van der Waals surface area contributed by atoms with Crippen LogP contribution in [0.5, 0.6) is 0 Å². The molecule has 0 N–H and O–H groups in total. The Hall–Kier alpha value is -2.22. The highest BCUT2D eigenvalue weighted by atomic mass is 35.5. The van der Waals surface area contributed by atoms with E-state index in [0.717, 1.165) is 32.2 Å². The molecule has 3 heterocycles. The second-order valence-electron chi connectivity index (χ2n) is 6.05. The number of esters is 1. The van der Waals surface area contributed by atoms with Crippen LogP contribution in [0, 0.1) is 13.8 Å². The van der Waals surface area contributed by atoms with Gasteiger partial charge in [0.05, 0.1) is 29.2 Å². The van der Waals surface area contributed by atoms with Crippen LogP contribution in [0.25, 0.3) is 15.9 Å². The summed E-state index contributed by atoms with van der Waals surface area (Å²) in [5.41, 5.74) is 4.58. The summed E-state index contributed by atoms with van der Waals surface area (Å²) in [4.78, 5) is 19.3. The van der Waals surface area contributed by atoms with Crippen molar-refractivity contribution in [2.24, 2.45) is 0 Å². The van der Waals surface area contributed by atoms with Crippen LogP contribution in [0.4, 0.5) is 0 Å². The van der Waals surface area contributed by atoms with Gasteiger partial charge in [-0.05, 0) is 44.2 Å². The molecular formula is C19H16ClN3O2S2. The van der Waals surface area contributed by atoms with Crippen LogP contribution in [0.2, 0.25) is 5.02 Å². The van der Waals surface area contributed by atoms with E-state index in [4.69, 9.17) is 16.3 Å². The molecule has 0 aliphatic carbocycles. The zero-order valence-electron chi connectivity index (χ0n) is 14.7. The first kappa shape index (κ1) is 18.2. The number of thiophene rings is 1. The van der Waals surface area contributed by atoms with Crippen molar-refractivity contribution in [3.63, 3.8) is 0 Å². The number of rotatable bonds is 5. The Labute approximate surface area is 169 Å². The first-order valence-corrected chi connectivity index (χ1v) is 10.4. The summed E-state index contributed by atoms with van der Waals surface area (Å²) in [7, 11) is 0. The average Bonchev–Trinajstić information content (AvgIpc) is 3.33. The molecule has 5 nitrogen and oxygen atoms in total. The number of ether oxygens (including phenoxy) is 1. The maximum Gasteiger partial charge on any atom is 0.348 e. The molecule has 138 valence electrons. The summed E-state index contributed by atoms with van der Waals surface area (Å²) in [6.45, 7) is 4.24. The highest BCUT2D eigenvalue weighted by molar-refractivity contribution is 7.20. The minimum Gasteiger partial charge on any atom is -0.461 e. The van der Waals surface area contributed by atoms with Crippen molar-refractivity contribution in [1.29, 1.82) is 0 Å². The van der Waals surface area contributed by atoms with Gasteiger partial charge in [-0.1, -0.05) is 11.6 Å². The molecule has 0 radical (unpaired) electrons. The molecule has 0 saturated heterocycles. The van der Waals surface area contributed by atoms with Crippen LogP contribution in [-0.4, -0.2) is 27.3 Å². The van der Waals surface area contributed by atoms with Crippen LogP contribution in [0.1, 0.15) is 25.9 Å². The van der Waals surface area contributed by atoms with E-state index in [9.17, 15) is 4.79 Å². The molecule has 0 spiro atoms. The Morgan fingerprint density at radius 1 is 1.22 bits per heavy atom. The number of carbonyl (C=O) groups is 1. The van der Waals surface area contributed by atoms with Gasteiger partial charge < -0.3 is 4.74 Å². The van der Waals surface area contributed by atoms with Gasteiger partial charge in [0.2, 0.25) is 0 Å². The second kappa shape index (κ2) is 7.42. The fraction of sp³-hybridized carbons (Fsp3) is 0.211. The molecule has 27 heavy (non-hydrogen) atoms. The van der Waals surface area contributed by atoms with Crippen LogP contribution in [0.3, 0.4) is 0 Å². The lowest BCUT2D eigenvalue weighted by molar-refractivity contribution is 0.0515. The van der Waals surface area contributed by atoms with Crippen molar-refractivity contribution in [3.05, 3.63) is 62.0 Å². The summed E-state index contributed by atoms with van der Waals surface area (Å²) >= 11 is 8.94. The van der Waals surface area contributed by atoms with Crippen molar-refractivity contribution in [3.8, 4) is 5.69 Å². The molecule has 8 heteroatoms. The SMILES string of the molecule is Cc1ncsc1CCOC(=O)c1cc2c(C)nn(-c3ccc(Cl)cc3)c2s1. The van der Waals surface area contributed by atoms with E-state index < -0.39 is 0 Å². The fourth-order valence-corrected chi connectivity index (χ4v) is 4.74. The zero-order valence-corrected chi connectivity index (χ0v) is 17.1. The van der Waals surface area contributed by atoms with Crippen molar-refractivity contribution in [1.82, 2.24) is 14.8 Å². The van der Waals surface area contributed by atoms with E-state index in [1.165, 1.54) is 11.3 Å². The largest absolute Gasteiger partial charge is 0.461 e. The predicted molar refractivity (Wildman–Crippen MR) is 110 cm³/mol. The van der Waals surface area contributed by atoms with Gasteiger partial charge in [-0.3, -0.25) is 0 Å². The van der Waals surface area contributed by atoms with Crippen LogP contribution < -0.4 is 0 Å². The number of hydrogen-bond acceptors (Lipinski definition) is 6. The van der Waals surface area contributed by atoms with E-state index in [1.807, 2.05) is 54.4 Å². The Morgan fingerprint density at radius 3 is 2.70 bits per heavy atom. The number of carbonyl (C=O) groups excluding carboxylic acids is 1. The third-order valence-electron chi connectivity index (χ3n) is 4.22. The molecule has 0 amide bonds. The lowest BCUT2D eigenvalue weighted by Gasteiger charge is -2.03. The van der Waals surface area contributed by atoms with E-state index in [-0.39, 0.29) is 5.97 Å². The Bertz CT molecular complexity index is 1110. The number of fused-ring (bicyclic) bond motifs is 1. The number of benzene rings is 1. The number of nitrogens with zero attached hydrogens (tertiary/aromatic N) is 3. The molecule has 0 unspecified atom stereocenters. The summed E-state index contributed by atoms with van der Waals surface area (Å²) in [5.74, 6) is -0.305. The summed E-state index contributed by atoms with van der Waals surface area (Å²) in [5, 5.41) is 6.21. The third-order valence-corrected chi connectivity index (χ3v) is 6.56. The Kier molecular flexibility index (Phi) is 4.99. The highest BCUT2D eigenvalue weighted by Crippen LogP contribution is 2.31. The smallest absolute Gasteiger partial charge is 0.348 e. The van der Waals surface area contributed by atoms with Gasteiger partial charge in [-0.15, -0.1) is 22.7 Å². The Morgan fingerprint density at radius 2 is 2.00 bits per heavy atom. The third kappa shape index (κ3) is 3.63. The zero-order chi connectivity index (χ0) is 19.0. The van der Waals surface area contributed by atoms with Gasteiger partial charge in [0.1, 0.15) is 9.71 Å².